The SMILES string of the molecule is C=C(C)c1ccc(C(=O)Nc2ccccc2OCOCC)cc1. The van der Waals surface area contributed by atoms with Crippen LogP contribution in [0.3, 0.4) is 0 Å². The Morgan fingerprint density at radius 1 is 1.09 bits per heavy atom. The van der Waals surface area contributed by atoms with Crippen molar-refractivity contribution in [3.63, 3.8) is 0 Å². The maximum absolute atomic E-state index is 12.4. The van der Waals surface area contributed by atoms with Gasteiger partial charge in [-0.05, 0) is 43.7 Å². The molecule has 1 amide bonds. The molecule has 0 aliphatic carbocycles. The van der Waals surface area contributed by atoms with Crippen LogP contribution < -0.4 is 10.1 Å². The Bertz CT molecular complexity index is 677. The van der Waals surface area contributed by atoms with Crippen molar-refractivity contribution < 1.29 is 14.3 Å². The van der Waals surface area contributed by atoms with Gasteiger partial charge in [-0.2, -0.15) is 0 Å². The molecule has 0 aromatic heterocycles. The average Bonchev–Trinajstić information content (AvgIpc) is 2.56. The van der Waals surface area contributed by atoms with Crippen molar-refractivity contribution >= 4 is 17.2 Å². The van der Waals surface area contributed by atoms with Gasteiger partial charge in [-0.3, -0.25) is 4.79 Å². The minimum atomic E-state index is -0.189. The van der Waals surface area contributed by atoms with Gasteiger partial charge in [0.15, 0.2) is 6.79 Å². The molecule has 0 heterocycles. The quantitative estimate of drug-likeness (QED) is 0.611. The lowest BCUT2D eigenvalue weighted by Crippen LogP contribution is -2.13. The van der Waals surface area contributed by atoms with Crippen LogP contribution in [-0.4, -0.2) is 19.3 Å². The second kappa shape index (κ2) is 8.15. The molecule has 0 bridgehead atoms. The molecule has 4 nitrogen and oxygen atoms in total. The van der Waals surface area contributed by atoms with Gasteiger partial charge >= 0.3 is 0 Å². The van der Waals surface area contributed by atoms with Crippen molar-refractivity contribution in [2.45, 2.75) is 13.8 Å². The highest BCUT2D eigenvalue weighted by Crippen LogP contribution is 2.24. The minimum Gasteiger partial charge on any atom is -0.465 e. The molecule has 0 radical (unpaired) electrons. The molecule has 0 spiro atoms. The van der Waals surface area contributed by atoms with Crippen LogP contribution in [0, 0.1) is 0 Å². The molecule has 23 heavy (non-hydrogen) atoms. The second-order valence-electron chi connectivity index (χ2n) is 5.06. The fourth-order valence-electron chi connectivity index (χ4n) is 1.98. The lowest BCUT2D eigenvalue weighted by Gasteiger charge is -2.12. The summed E-state index contributed by atoms with van der Waals surface area (Å²) in [4.78, 5) is 12.4. The highest BCUT2D eigenvalue weighted by Gasteiger charge is 2.10. The molecule has 4 heteroatoms. The third-order valence-electron chi connectivity index (χ3n) is 3.28. The van der Waals surface area contributed by atoms with E-state index in [1.807, 2.05) is 38.1 Å². The molecule has 2 aromatic carbocycles. The molecule has 0 fully saturated rings. The lowest BCUT2D eigenvalue weighted by atomic mass is 10.1. The monoisotopic (exact) mass is 311 g/mol. The first-order valence-electron chi connectivity index (χ1n) is 7.48. The Balaban J connectivity index is 2.09. The molecule has 0 unspecified atom stereocenters. The number of benzene rings is 2. The number of ether oxygens (including phenoxy) is 2. The first-order chi connectivity index (χ1) is 11.1. The number of amides is 1. The number of hydrogen-bond donors (Lipinski definition) is 1. The Labute approximate surface area is 136 Å². The van der Waals surface area contributed by atoms with Crippen LogP contribution in [0.25, 0.3) is 5.57 Å². The number of carbonyl (C=O) groups is 1. The molecule has 2 rings (SSSR count). The molecule has 0 aliphatic heterocycles. The molecule has 2 aromatic rings. The maximum Gasteiger partial charge on any atom is 0.255 e. The summed E-state index contributed by atoms with van der Waals surface area (Å²) in [6.45, 7) is 8.43. The van der Waals surface area contributed by atoms with Gasteiger partial charge in [0.1, 0.15) is 5.75 Å². The normalized spacial score (nSPS) is 10.2. The van der Waals surface area contributed by atoms with E-state index in [0.717, 1.165) is 11.1 Å². The summed E-state index contributed by atoms with van der Waals surface area (Å²) in [5, 5.41) is 2.86. The fraction of sp³-hybridized carbons (Fsp3) is 0.211. The van der Waals surface area contributed by atoms with Crippen molar-refractivity contribution in [3.05, 3.63) is 66.2 Å². The topological polar surface area (TPSA) is 47.6 Å². The van der Waals surface area contributed by atoms with Gasteiger partial charge in [-0.1, -0.05) is 36.4 Å². The van der Waals surface area contributed by atoms with Crippen molar-refractivity contribution in [2.24, 2.45) is 0 Å². The molecule has 0 aliphatic rings. The van der Waals surface area contributed by atoms with E-state index in [2.05, 4.69) is 11.9 Å². The fourth-order valence-corrected chi connectivity index (χ4v) is 1.98. The van der Waals surface area contributed by atoms with Gasteiger partial charge in [0.2, 0.25) is 0 Å². The van der Waals surface area contributed by atoms with Crippen LogP contribution in [0.2, 0.25) is 0 Å². The summed E-state index contributed by atoms with van der Waals surface area (Å²) in [7, 11) is 0. The first-order valence-corrected chi connectivity index (χ1v) is 7.48. The number of para-hydroxylation sites is 2. The van der Waals surface area contributed by atoms with Crippen molar-refractivity contribution in [3.8, 4) is 5.75 Å². The van der Waals surface area contributed by atoms with E-state index in [9.17, 15) is 4.79 Å². The van der Waals surface area contributed by atoms with E-state index in [1.54, 1.807) is 24.3 Å². The molecule has 0 saturated heterocycles. The van der Waals surface area contributed by atoms with Gasteiger partial charge in [0.25, 0.3) is 5.91 Å². The number of anilines is 1. The van der Waals surface area contributed by atoms with Crippen LogP contribution >= 0.6 is 0 Å². The molecular weight excluding hydrogens is 290 g/mol. The van der Waals surface area contributed by atoms with E-state index in [-0.39, 0.29) is 12.7 Å². The van der Waals surface area contributed by atoms with E-state index in [1.165, 1.54) is 0 Å². The number of allylic oxidation sites excluding steroid dienone is 1. The summed E-state index contributed by atoms with van der Waals surface area (Å²) in [6, 6.07) is 14.6. The van der Waals surface area contributed by atoms with Gasteiger partial charge < -0.3 is 14.8 Å². The van der Waals surface area contributed by atoms with Crippen LogP contribution in [0.1, 0.15) is 29.8 Å². The standard InChI is InChI=1S/C19H21NO3/c1-4-22-13-23-18-8-6-5-7-17(18)20-19(21)16-11-9-15(10-12-16)14(2)3/h5-12H,2,4,13H2,1,3H3,(H,20,21). The molecular formula is C19H21NO3. The lowest BCUT2D eigenvalue weighted by molar-refractivity contribution is 0.0228. The van der Waals surface area contributed by atoms with Crippen molar-refractivity contribution in [2.75, 3.05) is 18.7 Å². The Morgan fingerprint density at radius 2 is 1.74 bits per heavy atom. The maximum atomic E-state index is 12.4. The van der Waals surface area contributed by atoms with Gasteiger partial charge in [-0.25, -0.2) is 0 Å². The predicted octanol–water partition coefficient (Wildman–Crippen LogP) is 4.34. The van der Waals surface area contributed by atoms with E-state index in [4.69, 9.17) is 9.47 Å². The molecule has 0 saturated carbocycles. The van der Waals surface area contributed by atoms with Gasteiger partial charge in [-0.15, -0.1) is 0 Å². The van der Waals surface area contributed by atoms with Gasteiger partial charge in [0, 0.05) is 12.2 Å². The average molecular weight is 311 g/mol. The summed E-state index contributed by atoms with van der Waals surface area (Å²) in [6.07, 6.45) is 0. The number of nitrogens with one attached hydrogen (secondary N) is 1. The summed E-state index contributed by atoms with van der Waals surface area (Å²) in [5.41, 5.74) is 3.17. The Hall–Kier alpha value is -2.59. The second-order valence-corrected chi connectivity index (χ2v) is 5.06. The smallest absolute Gasteiger partial charge is 0.255 e. The van der Waals surface area contributed by atoms with Crippen LogP contribution in [0.15, 0.2) is 55.1 Å². The zero-order valence-corrected chi connectivity index (χ0v) is 13.5. The third-order valence-corrected chi connectivity index (χ3v) is 3.28. The summed E-state index contributed by atoms with van der Waals surface area (Å²) in [5.74, 6) is 0.388. The summed E-state index contributed by atoms with van der Waals surface area (Å²) < 4.78 is 10.7. The van der Waals surface area contributed by atoms with Crippen LogP contribution in [-0.2, 0) is 4.74 Å². The van der Waals surface area contributed by atoms with E-state index >= 15 is 0 Å². The number of carbonyl (C=O) groups excluding carboxylic acids is 1. The zero-order valence-electron chi connectivity index (χ0n) is 13.5. The molecule has 120 valence electrons. The predicted molar refractivity (Wildman–Crippen MR) is 92.7 cm³/mol. The highest BCUT2D eigenvalue weighted by molar-refractivity contribution is 6.05. The largest absolute Gasteiger partial charge is 0.465 e. The van der Waals surface area contributed by atoms with Crippen molar-refractivity contribution in [1.29, 1.82) is 0 Å². The number of rotatable bonds is 7. The van der Waals surface area contributed by atoms with E-state index in [0.29, 0.717) is 23.6 Å². The zero-order chi connectivity index (χ0) is 16.7. The van der Waals surface area contributed by atoms with E-state index < -0.39 is 0 Å². The Morgan fingerprint density at radius 3 is 2.39 bits per heavy atom. The molecule has 0 atom stereocenters. The van der Waals surface area contributed by atoms with Crippen molar-refractivity contribution in [1.82, 2.24) is 0 Å². The Kier molecular flexibility index (Phi) is 5.94. The first kappa shape index (κ1) is 16.8. The summed E-state index contributed by atoms with van der Waals surface area (Å²) >= 11 is 0. The van der Waals surface area contributed by atoms with Crippen LogP contribution in [0.5, 0.6) is 5.75 Å². The minimum absolute atomic E-state index is 0.149. The van der Waals surface area contributed by atoms with Crippen LogP contribution in [0.4, 0.5) is 5.69 Å². The van der Waals surface area contributed by atoms with Gasteiger partial charge in [0.05, 0.1) is 5.69 Å². The highest BCUT2D eigenvalue weighted by atomic mass is 16.7. The third kappa shape index (κ3) is 4.69. The number of hydrogen-bond acceptors (Lipinski definition) is 3. The molecule has 1 N–H and O–H groups in total.